The summed E-state index contributed by atoms with van der Waals surface area (Å²) in [7, 11) is 0. The molecule has 0 heteroatoms. The van der Waals surface area contributed by atoms with Crippen LogP contribution in [-0.4, -0.2) is 0 Å². The van der Waals surface area contributed by atoms with Crippen molar-refractivity contribution in [3.63, 3.8) is 0 Å². The number of hydrogen-bond acceptors (Lipinski definition) is 0. The van der Waals surface area contributed by atoms with Crippen LogP contribution in [0, 0.1) is 0 Å². The molecule has 4 rings (SSSR count). The van der Waals surface area contributed by atoms with Crippen molar-refractivity contribution in [2.45, 2.75) is 38.5 Å². The Bertz CT molecular complexity index is 717. The SMILES string of the molecule is CC1(C)C=CCc2c1ccc1c2CCc2ccccc2-1. The first kappa shape index (κ1) is 12.0. The van der Waals surface area contributed by atoms with Crippen LogP contribution in [-0.2, 0) is 24.7 Å². The lowest BCUT2D eigenvalue weighted by Crippen LogP contribution is -2.22. The monoisotopic (exact) mass is 260 g/mol. The molecule has 0 N–H and O–H groups in total. The Kier molecular flexibility index (Phi) is 2.44. The van der Waals surface area contributed by atoms with Crippen LogP contribution in [0.2, 0.25) is 0 Å². The number of benzene rings is 2. The second kappa shape index (κ2) is 4.09. The number of hydrogen-bond donors (Lipinski definition) is 0. The molecule has 0 nitrogen and oxygen atoms in total. The molecular formula is C20H20. The van der Waals surface area contributed by atoms with Gasteiger partial charge in [0, 0.05) is 5.41 Å². The quantitative estimate of drug-likeness (QED) is 0.594. The number of rotatable bonds is 0. The molecule has 2 aromatic rings. The van der Waals surface area contributed by atoms with Gasteiger partial charge in [0.2, 0.25) is 0 Å². The molecule has 0 spiro atoms. The maximum Gasteiger partial charge on any atom is 0.00783 e. The summed E-state index contributed by atoms with van der Waals surface area (Å²) in [5.41, 5.74) is 9.31. The highest BCUT2D eigenvalue weighted by atomic mass is 14.3. The molecule has 2 aromatic carbocycles. The van der Waals surface area contributed by atoms with E-state index in [9.17, 15) is 0 Å². The summed E-state index contributed by atoms with van der Waals surface area (Å²) in [5, 5.41) is 0. The van der Waals surface area contributed by atoms with E-state index in [1.807, 2.05) is 0 Å². The molecule has 0 unspecified atom stereocenters. The van der Waals surface area contributed by atoms with Gasteiger partial charge in [-0.2, -0.15) is 0 Å². The van der Waals surface area contributed by atoms with Crippen molar-refractivity contribution >= 4 is 0 Å². The first-order valence-electron chi connectivity index (χ1n) is 7.58. The lowest BCUT2D eigenvalue weighted by molar-refractivity contribution is 0.644. The van der Waals surface area contributed by atoms with Gasteiger partial charge in [-0.25, -0.2) is 0 Å². The Balaban J connectivity index is 1.98. The van der Waals surface area contributed by atoms with Crippen LogP contribution < -0.4 is 0 Å². The molecule has 100 valence electrons. The molecular weight excluding hydrogens is 240 g/mol. The molecule has 0 saturated heterocycles. The van der Waals surface area contributed by atoms with E-state index in [-0.39, 0.29) is 5.41 Å². The first-order chi connectivity index (χ1) is 9.67. The minimum atomic E-state index is 0.180. The van der Waals surface area contributed by atoms with E-state index < -0.39 is 0 Å². The molecule has 0 aromatic heterocycles. The van der Waals surface area contributed by atoms with Gasteiger partial charge in [-0.1, -0.05) is 62.4 Å². The van der Waals surface area contributed by atoms with Crippen LogP contribution in [0.3, 0.4) is 0 Å². The van der Waals surface area contributed by atoms with Crippen molar-refractivity contribution in [2.24, 2.45) is 0 Å². The summed E-state index contributed by atoms with van der Waals surface area (Å²) in [5.74, 6) is 0. The fraction of sp³-hybridized carbons (Fsp3) is 0.300. The molecule has 0 atom stereocenters. The molecule has 0 saturated carbocycles. The highest BCUT2D eigenvalue weighted by Gasteiger charge is 2.28. The van der Waals surface area contributed by atoms with Gasteiger partial charge in [-0.3, -0.25) is 0 Å². The predicted molar refractivity (Wildman–Crippen MR) is 85.2 cm³/mol. The van der Waals surface area contributed by atoms with Gasteiger partial charge in [0.1, 0.15) is 0 Å². The lowest BCUT2D eigenvalue weighted by atomic mass is 9.72. The molecule has 2 aliphatic carbocycles. The average molecular weight is 260 g/mol. The standard InChI is InChI=1S/C20H20/c1-20(2)13-5-8-18-17-10-9-14-6-3-4-7-15(14)16(17)11-12-19(18)20/h3-7,11-13H,8-10H2,1-2H3. The summed E-state index contributed by atoms with van der Waals surface area (Å²) in [6.07, 6.45) is 8.19. The summed E-state index contributed by atoms with van der Waals surface area (Å²) < 4.78 is 0. The van der Waals surface area contributed by atoms with E-state index in [4.69, 9.17) is 0 Å². The Morgan fingerprint density at radius 3 is 2.60 bits per heavy atom. The van der Waals surface area contributed by atoms with Gasteiger partial charge in [-0.15, -0.1) is 0 Å². The fourth-order valence-corrected chi connectivity index (χ4v) is 3.89. The van der Waals surface area contributed by atoms with Crippen molar-refractivity contribution in [1.82, 2.24) is 0 Å². The predicted octanol–water partition coefficient (Wildman–Crippen LogP) is 4.84. The number of aryl methyl sites for hydroxylation is 1. The molecule has 0 amide bonds. The van der Waals surface area contributed by atoms with Crippen molar-refractivity contribution < 1.29 is 0 Å². The zero-order valence-corrected chi connectivity index (χ0v) is 12.2. The Morgan fingerprint density at radius 2 is 1.70 bits per heavy atom. The summed E-state index contributed by atoms with van der Waals surface area (Å²) in [6, 6.07) is 13.6. The number of fused-ring (bicyclic) bond motifs is 5. The third-order valence-electron chi connectivity index (χ3n) is 4.93. The van der Waals surface area contributed by atoms with E-state index in [2.05, 4.69) is 62.4 Å². The van der Waals surface area contributed by atoms with Gasteiger partial charge in [0.05, 0.1) is 0 Å². The Hall–Kier alpha value is -1.82. The van der Waals surface area contributed by atoms with Crippen LogP contribution in [0.4, 0.5) is 0 Å². The second-order valence-electron chi connectivity index (χ2n) is 6.60. The zero-order valence-electron chi connectivity index (χ0n) is 12.2. The van der Waals surface area contributed by atoms with Crippen LogP contribution in [0.15, 0.2) is 48.6 Å². The van der Waals surface area contributed by atoms with Gasteiger partial charge < -0.3 is 0 Å². The fourth-order valence-electron chi connectivity index (χ4n) is 3.89. The Morgan fingerprint density at radius 1 is 0.850 bits per heavy atom. The molecule has 2 aliphatic rings. The molecule has 0 heterocycles. The van der Waals surface area contributed by atoms with Gasteiger partial charge in [-0.05, 0) is 52.6 Å². The Labute approximate surface area is 121 Å². The summed E-state index contributed by atoms with van der Waals surface area (Å²) in [6.45, 7) is 4.65. The van der Waals surface area contributed by atoms with E-state index in [0.29, 0.717) is 0 Å². The molecule has 0 bridgehead atoms. The third kappa shape index (κ3) is 1.61. The smallest absolute Gasteiger partial charge is 0.00783 e. The molecule has 0 aliphatic heterocycles. The normalized spacial score (nSPS) is 18.1. The lowest BCUT2D eigenvalue weighted by Gasteiger charge is -2.32. The second-order valence-corrected chi connectivity index (χ2v) is 6.60. The van der Waals surface area contributed by atoms with Crippen molar-refractivity contribution in [2.75, 3.05) is 0 Å². The topological polar surface area (TPSA) is 0 Å². The van der Waals surface area contributed by atoms with E-state index in [1.165, 1.54) is 35.1 Å². The van der Waals surface area contributed by atoms with Crippen molar-refractivity contribution in [3.05, 3.63) is 70.8 Å². The largest absolute Gasteiger partial charge is 0.0832 e. The zero-order chi connectivity index (χ0) is 13.7. The van der Waals surface area contributed by atoms with Gasteiger partial charge >= 0.3 is 0 Å². The maximum atomic E-state index is 2.36. The molecule has 0 radical (unpaired) electrons. The van der Waals surface area contributed by atoms with Crippen molar-refractivity contribution in [1.29, 1.82) is 0 Å². The third-order valence-corrected chi connectivity index (χ3v) is 4.93. The minimum Gasteiger partial charge on any atom is -0.0832 e. The highest BCUT2D eigenvalue weighted by Crippen LogP contribution is 2.41. The maximum absolute atomic E-state index is 2.36. The minimum absolute atomic E-state index is 0.180. The van der Waals surface area contributed by atoms with E-state index in [1.54, 1.807) is 11.1 Å². The van der Waals surface area contributed by atoms with Crippen LogP contribution in [0.25, 0.3) is 11.1 Å². The van der Waals surface area contributed by atoms with Gasteiger partial charge in [0.25, 0.3) is 0 Å². The molecule has 20 heavy (non-hydrogen) atoms. The first-order valence-corrected chi connectivity index (χ1v) is 7.58. The van der Waals surface area contributed by atoms with Gasteiger partial charge in [0.15, 0.2) is 0 Å². The van der Waals surface area contributed by atoms with Crippen LogP contribution >= 0.6 is 0 Å². The van der Waals surface area contributed by atoms with Crippen molar-refractivity contribution in [3.8, 4) is 11.1 Å². The van der Waals surface area contributed by atoms with Crippen LogP contribution in [0.5, 0.6) is 0 Å². The van der Waals surface area contributed by atoms with E-state index >= 15 is 0 Å². The number of allylic oxidation sites excluding steroid dienone is 2. The average Bonchev–Trinajstić information content (AvgIpc) is 2.46. The highest BCUT2D eigenvalue weighted by molar-refractivity contribution is 5.75. The van der Waals surface area contributed by atoms with E-state index in [0.717, 1.165) is 6.42 Å². The summed E-state index contributed by atoms with van der Waals surface area (Å²) >= 11 is 0. The summed E-state index contributed by atoms with van der Waals surface area (Å²) in [4.78, 5) is 0. The van der Waals surface area contributed by atoms with Crippen LogP contribution in [0.1, 0.15) is 36.1 Å². The molecule has 0 fully saturated rings.